The molecule has 0 aliphatic carbocycles. The Morgan fingerprint density at radius 2 is 1.83 bits per heavy atom. The van der Waals surface area contributed by atoms with Gasteiger partial charge in [0.15, 0.2) is 5.96 Å². The first-order valence-electron chi connectivity index (χ1n) is 10.5. The number of ether oxygens (including phenoxy) is 1. The van der Waals surface area contributed by atoms with Crippen LogP contribution in [0.5, 0.6) is 5.75 Å². The fourth-order valence-electron chi connectivity index (χ4n) is 3.39. The Balaban J connectivity index is 2.15. The minimum Gasteiger partial charge on any atom is -0.496 e. The quantitative estimate of drug-likeness (QED) is 0.488. The van der Waals surface area contributed by atoms with Crippen LogP contribution >= 0.6 is 0 Å². The van der Waals surface area contributed by atoms with Crippen molar-refractivity contribution in [3.63, 3.8) is 0 Å². The number of aliphatic imine (C=N–C) groups is 1. The van der Waals surface area contributed by atoms with Crippen molar-refractivity contribution in [2.45, 2.75) is 32.7 Å². The number of nitrogens with one attached hydrogen (secondary N) is 2. The fraction of sp³-hybridized carbons (Fsp3) is 0.636. The van der Waals surface area contributed by atoms with Gasteiger partial charge in [0, 0.05) is 32.7 Å². The van der Waals surface area contributed by atoms with Crippen molar-refractivity contribution in [2.75, 3.05) is 53.9 Å². The molecule has 1 amide bonds. The monoisotopic (exact) mass is 403 g/mol. The molecular weight excluding hydrogens is 366 g/mol. The molecule has 1 aliphatic heterocycles. The summed E-state index contributed by atoms with van der Waals surface area (Å²) in [5, 5.41) is 6.82. The highest BCUT2D eigenvalue weighted by Gasteiger charge is 2.26. The van der Waals surface area contributed by atoms with Crippen molar-refractivity contribution in [2.24, 2.45) is 10.9 Å². The summed E-state index contributed by atoms with van der Waals surface area (Å²) < 4.78 is 5.63. The van der Waals surface area contributed by atoms with Crippen LogP contribution in [0.4, 0.5) is 0 Å². The summed E-state index contributed by atoms with van der Waals surface area (Å²) in [5.41, 5.74) is 1.18. The highest BCUT2D eigenvalue weighted by atomic mass is 16.5. The van der Waals surface area contributed by atoms with E-state index in [4.69, 9.17) is 4.74 Å². The predicted molar refractivity (Wildman–Crippen MR) is 118 cm³/mol. The summed E-state index contributed by atoms with van der Waals surface area (Å²) >= 11 is 0. The van der Waals surface area contributed by atoms with Crippen LogP contribution in [0, 0.1) is 5.92 Å². The van der Waals surface area contributed by atoms with Gasteiger partial charge in [0.2, 0.25) is 5.91 Å². The minimum absolute atomic E-state index is 0.0172. The standard InChI is InChI=1S/C22H37N5O2/c1-17(2)14-23-22(25-16-21(28)26(3)4)24-15-19(27-12-8-9-13-27)18-10-6-7-11-20(18)29-5/h6-7,10-11,17,19H,8-9,12-16H2,1-5H3,(H2,23,24,25). The molecule has 1 aromatic carbocycles. The Hall–Kier alpha value is -2.28. The maximum absolute atomic E-state index is 12.0. The van der Waals surface area contributed by atoms with Gasteiger partial charge in [0.1, 0.15) is 12.3 Å². The van der Waals surface area contributed by atoms with E-state index in [1.165, 1.54) is 18.4 Å². The molecule has 2 rings (SSSR count). The van der Waals surface area contributed by atoms with E-state index in [0.717, 1.165) is 25.4 Å². The number of nitrogens with zero attached hydrogens (tertiary/aromatic N) is 3. The zero-order chi connectivity index (χ0) is 21.2. The summed E-state index contributed by atoms with van der Waals surface area (Å²) in [6, 6.07) is 8.39. The molecule has 0 spiro atoms. The van der Waals surface area contributed by atoms with E-state index in [0.29, 0.717) is 18.4 Å². The van der Waals surface area contributed by atoms with Crippen LogP contribution in [0.25, 0.3) is 0 Å². The van der Waals surface area contributed by atoms with E-state index in [-0.39, 0.29) is 18.5 Å². The molecule has 162 valence electrons. The van der Waals surface area contributed by atoms with Crippen molar-refractivity contribution in [3.8, 4) is 5.75 Å². The number of guanidine groups is 1. The summed E-state index contributed by atoms with van der Waals surface area (Å²) in [7, 11) is 5.21. The van der Waals surface area contributed by atoms with Gasteiger partial charge in [0.25, 0.3) is 0 Å². The molecule has 0 saturated carbocycles. The van der Waals surface area contributed by atoms with Crippen molar-refractivity contribution < 1.29 is 9.53 Å². The summed E-state index contributed by atoms with van der Waals surface area (Å²) in [5.74, 6) is 2.04. The lowest BCUT2D eigenvalue weighted by atomic mass is 10.0. The lowest BCUT2D eigenvalue weighted by Gasteiger charge is -2.30. The third kappa shape index (κ3) is 7.24. The Morgan fingerprint density at radius 3 is 2.45 bits per heavy atom. The van der Waals surface area contributed by atoms with Crippen LogP contribution in [0.3, 0.4) is 0 Å². The minimum atomic E-state index is -0.0172. The smallest absolute Gasteiger partial charge is 0.243 e. The van der Waals surface area contributed by atoms with Gasteiger partial charge in [-0.2, -0.15) is 0 Å². The normalized spacial score (nSPS) is 16.0. The largest absolute Gasteiger partial charge is 0.496 e. The van der Waals surface area contributed by atoms with E-state index in [2.05, 4.69) is 46.5 Å². The Morgan fingerprint density at radius 1 is 1.17 bits per heavy atom. The van der Waals surface area contributed by atoms with Gasteiger partial charge >= 0.3 is 0 Å². The SMILES string of the molecule is COc1ccccc1C(CNC(=NCC(=O)N(C)C)NCC(C)C)N1CCCC1. The summed E-state index contributed by atoms with van der Waals surface area (Å²) in [6.07, 6.45) is 2.44. The van der Waals surface area contributed by atoms with Crippen LogP contribution in [0.15, 0.2) is 29.3 Å². The van der Waals surface area contributed by atoms with Crippen LogP contribution in [-0.4, -0.2) is 75.6 Å². The lowest BCUT2D eigenvalue weighted by molar-refractivity contribution is -0.127. The molecule has 1 aliphatic rings. The zero-order valence-corrected chi connectivity index (χ0v) is 18.6. The van der Waals surface area contributed by atoms with E-state index >= 15 is 0 Å². The van der Waals surface area contributed by atoms with Gasteiger partial charge in [-0.25, -0.2) is 4.99 Å². The molecule has 0 radical (unpaired) electrons. The number of likely N-dealkylation sites (N-methyl/N-ethyl adjacent to an activating group) is 1. The van der Waals surface area contributed by atoms with E-state index in [9.17, 15) is 4.79 Å². The Kier molecular flexibility index (Phi) is 9.25. The number of hydrogen-bond donors (Lipinski definition) is 2. The number of methoxy groups -OCH3 is 1. The highest BCUT2D eigenvalue weighted by molar-refractivity contribution is 5.84. The molecule has 1 unspecified atom stereocenters. The number of para-hydroxylation sites is 1. The molecule has 1 aromatic rings. The predicted octanol–water partition coefficient (Wildman–Crippen LogP) is 2.11. The van der Waals surface area contributed by atoms with Gasteiger partial charge in [-0.1, -0.05) is 32.0 Å². The molecule has 0 aromatic heterocycles. The number of rotatable bonds is 9. The van der Waals surface area contributed by atoms with E-state index < -0.39 is 0 Å². The molecule has 29 heavy (non-hydrogen) atoms. The van der Waals surface area contributed by atoms with Crippen molar-refractivity contribution in [3.05, 3.63) is 29.8 Å². The number of likely N-dealkylation sites (tertiary alicyclic amines) is 1. The van der Waals surface area contributed by atoms with Gasteiger partial charge in [0.05, 0.1) is 13.2 Å². The number of carbonyl (C=O) groups is 1. The van der Waals surface area contributed by atoms with Crippen molar-refractivity contribution in [1.29, 1.82) is 0 Å². The second kappa shape index (κ2) is 11.7. The molecule has 1 heterocycles. The molecule has 7 nitrogen and oxygen atoms in total. The first-order chi connectivity index (χ1) is 13.9. The van der Waals surface area contributed by atoms with Gasteiger partial charge in [-0.15, -0.1) is 0 Å². The topological polar surface area (TPSA) is 69.2 Å². The third-order valence-corrected chi connectivity index (χ3v) is 5.09. The van der Waals surface area contributed by atoms with Gasteiger partial charge in [-0.3, -0.25) is 9.69 Å². The Labute approximate surface area is 175 Å². The van der Waals surface area contributed by atoms with Crippen LogP contribution in [-0.2, 0) is 4.79 Å². The highest BCUT2D eigenvalue weighted by Crippen LogP contribution is 2.31. The number of carbonyl (C=O) groups excluding carboxylic acids is 1. The second-order valence-corrected chi connectivity index (χ2v) is 8.11. The van der Waals surface area contributed by atoms with E-state index in [1.54, 1.807) is 26.1 Å². The first-order valence-corrected chi connectivity index (χ1v) is 10.5. The lowest BCUT2D eigenvalue weighted by Crippen LogP contribution is -2.44. The summed E-state index contributed by atoms with van der Waals surface area (Å²) in [6.45, 7) is 8.08. The first kappa shape index (κ1) is 23.0. The summed E-state index contributed by atoms with van der Waals surface area (Å²) in [4.78, 5) is 20.5. The second-order valence-electron chi connectivity index (χ2n) is 8.11. The third-order valence-electron chi connectivity index (χ3n) is 5.09. The molecule has 1 atom stereocenters. The maximum atomic E-state index is 12.0. The molecular formula is C22H37N5O2. The average Bonchev–Trinajstić information content (AvgIpc) is 3.23. The van der Waals surface area contributed by atoms with Crippen molar-refractivity contribution >= 4 is 11.9 Å². The zero-order valence-electron chi connectivity index (χ0n) is 18.6. The Bertz CT molecular complexity index is 669. The van der Waals surface area contributed by atoms with E-state index in [1.807, 2.05) is 12.1 Å². The van der Waals surface area contributed by atoms with Crippen LogP contribution in [0.1, 0.15) is 38.3 Å². The van der Waals surface area contributed by atoms with Crippen LogP contribution in [0.2, 0.25) is 0 Å². The molecule has 0 bridgehead atoms. The molecule has 2 N–H and O–H groups in total. The van der Waals surface area contributed by atoms with Crippen LogP contribution < -0.4 is 15.4 Å². The number of hydrogen-bond acceptors (Lipinski definition) is 4. The van der Waals surface area contributed by atoms with Gasteiger partial charge in [-0.05, 0) is 37.9 Å². The maximum Gasteiger partial charge on any atom is 0.243 e. The molecule has 1 fully saturated rings. The van der Waals surface area contributed by atoms with Gasteiger partial charge < -0.3 is 20.3 Å². The average molecular weight is 404 g/mol. The van der Waals surface area contributed by atoms with Crippen molar-refractivity contribution in [1.82, 2.24) is 20.4 Å². The number of benzene rings is 1. The number of amides is 1. The molecule has 7 heteroatoms. The fourth-order valence-corrected chi connectivity index (χ4v) is 3.39. The molecule has 1 saturated heterocycles.